The molecule has 0 radical (unpaired) electrons. The van der Waals surface area contributed by atoms with Gasteiger partial charge in [0.2, 0.25) is 0 Å². The molecule has 1 spiro atoms. The summed E-state index contributed by atoms with van der Waals surface area (Å²) in [5, 5.41) is 0. The summed E-state index contributed by atoms with van der Waals surface area (Å²) in [5.74, 6) is 3.27. The second kappa shape index (κ2) is 6.55. The van der Waals surface area contributed by atoms with Gasteiger partial charge in [0.25, 0.3) is 0 Å². The molecule has 0 saturated carbocycles. The van der Waals surface area contributed by atoms with Crippen molar-refractivity contribution in [2.75, 3.05) is 31.2 Å². The molecule has 2 N–H and O–H groups in total. The molecule has 20 heavy (non-hydrogen) atoms. The zero-order chi connectivity index (χ0) is 14.0. The van der Waals surface area contributed by atoms with Crippen LogP contribution in [0.3, 0.4) is 0 Å². The SMILES string of the molecule is CC(N)C1CCCN(C2CCOC3(CCSCC3)C2)C1. The average Bonchev–Trinajstić information content (AvgIpc) is 2.48. The Hall–Kier alpha value is 0.230. The summed E-state index contributed by atoms with van der Waals surface area (Å²) >= 11 is 2.09. The van der Waals surface area contributed by atoms with Crippen molar-refractivity contribution in [3.63, 3.8) is 0 Å². The molecule has 0 aliphatic carbocycles. The van der Waals surface area contributed by atoms with Crippen LogP contribution in [0.1, 0.15) is 45.4 Å². The van der Waals surface area contributed by atoms with E-state index in [9.17, 15) is 0 Å². The van der Waals surface area contributed by atoms with Crippen molar-refractivity contribution in [2.45, 2.75) is 63.1 Å². The lowest BCUT2D eigenvalue weighted by Crippen LogP contribution is -2.53. The van der Waals surface area contributed by atoms with Crippen LogP contribution in [0.5, 0.6) is 0 Å². The highest BCUT2D eigenvalue weighted by Crippen LogP contribution is 2.39. The van der Waals surface area contributed by atoms with E-state index in [2.05, 4.69) is 23.6 Å². The quantitative estimate of drug-likeness (QED) is 0.850. The van der Waals surface area contributed by atoms with E-state index in [1.165, 1.54) is 63.1 Å². The Morgan fingerprint density at radius 3 is 2.85 bits per heavy atom. The molecule has 116 valence electrons. The summed E-state index contributed by atoms with van der Waals surface area (Å²) in [5.41, 5.74) is 6.36. The first-order valence-electron chi connectivity index (χ1n) is 8.40. The molecule has 3 nitrogen and oxygen atoms in total. The number of likely N-dealkylation sites (tertiary alicyclic amines) is 1. The summed E-state index contributed by atoms with van der Waals surface area (Å²) in [6.45, 7) is 5.64. The zero-order valence-corrected chi connectivity index (χ0v) is 13.7. The first-order chi connectivity index (χ1) is 9.69. The highest BCUT2D eigenvalue weighted by Gasteiger charge is 2.41. The number of ether oxygens (including phenoxy) is 1. The summed E-state index contributed by atoms with van der Waals surface area (Å²) in [6, 6.07) is 1.09. The van der Waals surface area contributed by atoms with Gasteiger partial charge in [-0.25, -0.2) is 0 Å². The van der Waals surface area contributed by atoms with Crippen molar-refractivity contribution in [1.29, 1.82) is 0 Å². The lowest BCUT2D eigenvalue weighted by molar-refractivity contribution is -0.114. The Bertz CT molecular complexity index is 312. The predicted molar refractivity (Wildman–Crippen MR) is 86.2 cm³/mol. The molecule has 3 aliphatic heterocycles. The van der Waals surface area contributed by atoms with Crippen molar-refractivity contribution < 1.29 is 4.74 Å². The van der Waals surface area contributed by atoms with Crippen LogP contribution in [0.15, 0.2) is 0 Å². The minimum atomic E-state index is 0.218. The standard InChI is InChI=1S/C16H30N2OS/c1-13(17)14-3-2-7-18(12-14)15-4-8-19-16(11-15)5-9-20-10-6-16/h13-15H,2-12,17H2,1H3. The lowest BCUT2D eigenvalue weighted by Gasteiger charge is -2.48. The summed E-state index contributed by atoms with van der Waals surface area (Å²) in [4.78, 5) is 2.74. The molecule has 0 aromatic carbocycles. The third-order valence-corrected chi connectivity index (χ3v) is 6.61. The molecule has 4 heteroatoms. The summed E-state index contributed by atoms with van der Waals surface area (Å²) in [6.07, 6.45) is 7.66. The molecule has 3 heterocycles. The second-order valence-corrected chi connectivity index (χ2v) is 8.27. The van der Waals surface area contributed by atoms with Gasteiger partial charge in [-0.3, -0.25) is 4.90 Å². The third kappa shape index (κ3) is 3.34. The first-order valence-corrected chi connectivity index (χ1v) is 9.55. The fourth-order valence-corrected chi connectivity index (χ4v) is 5.44. The third-order valence-electron chi connectivity index (χ3n) is 5.62. The van der Waals surface area contributed by atoms with E-state index in [0.29, 0.717) is 12.0 Å². The molecule has 3 fully saturated rings. The van der Waals surface area contributed by atoms with Gasteiger partial charge in [-0.05, 0) is 69.4 Å². The monoisotopic (exact) mass is 298 g/mol. The minimum absolute atomic E-state index is 0.218. The molecule has 3 unspecified atom stereocenters. The topological polar surface area (TPSA) is 38.5 Å². The van der Waals surface area contributed by atoms with Gasteiger partial charge in [0.15, 0.2) is 0 Å². The summed E-state index contributed by atoms with van der Waals surface area (Å²) in [7, 11) is 0. The number of piperidine rings is 1. The van der Waals surface area contributed by atoms with Gasteiger partial charge < -0.3 is 10.5 Å². The average molecular weight is 298 g/mol. The maximum atomic E-state index is 6.24. The van der Waals surface area contributed by atoms with Gasteiger partial charge in [-0.1, -0.05) is 0 Å². The summed E-state index contributed by atoms with van der Waals surface area (Å²) < 4.78 is 6.24. The zero-order valence-electron chi connectivity index (χ0n) is 12.9. The van der Waals surface area contributed by atoms with E-state index < -0.39 is 0 Å². The van der Waals surface area contributed by atoms with E-state index in [1.54, 1.807) is 0 Å². The highest BCUT2D eigenvalue weighted by atomic mass is 32.2. The van der Waals surface area contributed by atoms with E-state index in [1.807, 2.05) is 0 Å². The molecule has 0 bridgehead atoms. The molecular weight excluding hydrogens is 268 g/mol. The van der Waals surface area contributed by atoms with Crippen molar-refractivity contribution in [2.24, 2.45) is 11.7 Å². The van der Waals surface area contributed by atoms with E-state index in [4.69, 9.17) is 10.5 Å². The van der Waals surface area contributed by atoms with Crippen LogP contribution in [0.4, 0.5) is 0 Å². The number of thioether (sulfide) groups is 1. The molecule has 3 aliphatic rings. The Kier molecular flexibility index (Phi) is 4.96. The van der Waals surface area contributed by atoms with Gasteiger partial charge in [0.1, 0.15) is 0 Å². The van der Waals surface area contributed by atoms with Gasteiger partial charge in [-0.2, -0.15) is 11.8 Å². The van der Waals surface area contributed by atoms with Crippen LogP contribution >= 0.6 is 11.8 Å². The fourth-order valence-electron chi connectivity index (χ4n) is 4.21. The Morgan fingerprint density at radius 1 is 1.30 bits per heavy atom. The maximum absolute atomic E-state index is 6.24. The number of hydrogen-bond acceptors (Lipinski definition) is 4. The first kappa shape index (κ1) is 15.1. The van der Waals surface area contributed by atoms with Crippen molar-refractivity contribution in [3.05, 3.63) is 0 Å². The van der Waals surface area contributed by atoms with E-state index >= 15 is 0 Å². The van der Waals surface area contributed by atoms with Crippen LogP contribution in [0, 0.1) is 5.92 Å². The normalized spacial score (nSPS) is 36.9. The Morgan fingerprint density at radius 2 is 2.10 bits per heavy atom. The molecule has 3 atom stereocenters. The Balaban J connectivity index is 1.61. The minimum Gasteiger partial charge on any atom is -0.375 e. The van der Waals surface area contributed by atoms with Crippen molar-refractivity contribution >= 4 is 11.8 Å². The van der Waals surface area contributed by atoms with Gasteiger partial charge in [-0.15, -0.1) is 0 Å². The Labute approximate surface area is 128 Å². The fraction of sp³-hybridized carbons (Fsp3) is 1.00. The van der Waals surface area contributed by atoms with Gasteiger partial charge in [0, 0.05) is 25.2 Å². The lowest BCUT2D eigenvalue weighted by atomic mass is 9.83. The largest absolute Gasteiger partial charge is 0.375 e. The highest BCUT2D eigenvalue weighted by molar-refractivity contribution is 7.99. The van der Waals surface area contributed by atoms with Crippen LogP contribution < -0.4 is 5.73 Å². The molecule has 0 aromatic heterocycles. The number of nitrogens with two attached hydrogens (primary N) is 1. The number of hydrogen-bond donors (Lipinski definition) is 1. The van der Waals surface area contributed by atoms with Crippen LogP contribution in [-0.2, 0) is 4.74 Å². The van der Waals surface area contributed by atoms with E-state index in [0.717, 1.165) is 12.6 Å². The predicted octanol–water partition coefficient (Wildman–Crippen LogP) is 2.49. The van der Waals surface area contributed by atoms with Crippen LogP contribution in [-0.4, -0.2) is 53.8 Å². The molecule has 3 rings (SSSR count). The number of rotatable bonds is 2. The van der Waals surface area contributed by atoms with Crippen LogP contribution in [0.25, 0.3) is 0 Å². The molecule has 0 amide bonds. The molecular formula is C16H30N2OS. The number of nitrogens with zero attached hydrogens (tertiary/aromatic N) is 1. The molecule has 0 aromatic rings. The van der Waals surface area contributed by atoms with Crippen molar-refractivity contribution in [3.8, 4) is 0 Å². The van der Waals surface area contributed by atoms with Crippen LogP contribution in [0.2, 0.25) is 0 Å². The van der Waals surface area contributed by atoms with Gasteiger partial charge >= 0.3 is 0 Å². The van der Waals surface area contributed by atoms with Gasteiger partial charge in [0.05, 0.1) is 5.60 Å². The van der Waals surface area contributed by atoms with Crippen molar-refractivity contribution in [1.82, 2.24) is 4.90 Å². The second-order valence-electron chi connectivity index (χ2n) is 7.05. The molecule has 3 saturated heterocycles. The van der Waals surface area contributed by atoms with E-state index in [-0.39, 0.29) is 5.60 Å². The smallest absolute Gasteiger partial charge is 0.0713 e. The maximum Gasteiger partial charge on any atom is 0.0713 e.